The number of hydrogen-bond acceptors (Lipinski definition) is 12. The fourth-order valence-electron chi connectivity index (χ4n) is 8.89. The van der Waals surface area contributed by atoms with Gasteiger partial charge in [-0.25, -0.2) is 15.0 Å². The van der Waals surface area contributed by atoms with Gasteiger partial charge in [0.2, 0.25) is 17.2 Å². The number of hydrogen-bond donors (Lipinski definition) is 7. The molecule has 8 aromatic carbocycles. The standard InChI is InChI=1S/C51H30N4O8S/c56-39-35(47-37(40(57)42(39)59)38-41(58)43(60)44(61)45(62)48(38)64-47)26-19-21-32-30(23-26)27-15-7-9-17-31(27)55(32)33-22-20-29(36-28-16-8-10-18-34(28)63-46(33)36)51-53-49(24-11-3-1-4-12-24)52-50(54-51)25-13-5-2-6-14-25/h1-23,56-62H. The summed E-state index contributed by atoms with van der Waals surface area (Å²) in [5.74, 6) is -4.26. The molecule has 4 aromatic heterocycles. The van der Waals surface area contributed by atoms with Gasteiger partial charge in [-0.05, 0) is 42.0 Å². The van der Waals surface area contributed by atoms with Crippen LogP contribution in [-0.4, -0.2) is 55.3 Å². The Morgan fingerprint density at radius 1 is 0.422 bits per heavy atom. The van der Waals surface area contributed by atoms with Gasteiger partial charge in [0.15, 0.2) is 46.1 Å². The van der Waals surface area contributed by atoms with E-state index < -0.39 is 40.2 Å². The summed E-state index contributed by atoms with van der Waals surface area (Å²) in [7, 11) is 0. The van der Waals surface area contributed by atoms with Gasteiger partial charge in [-0.2, -0.15) is 0 Å². The molecule has 12 rings (SSSR count). The number of para-hydroxylation sites is 2. The first-order valence-electron chi connectivity index (χ1n) is 20.0. The molecule has 0 fully saturated rings. The summed E-state index contributed by atoms with van der Waals surface area (Å²) in [6, 6.07) is 44.7. The largest absolute Gasteiger partial charge is 0.504 e. The number of benzene rings is 8. The Morgan fingerprint density at radius 3 is 1.69 bits per heavy atom. The van der Waals surface area contributed by atoms with Gasteiger partial charge in [-0.1, -0.05) is 103 Å². The molecule has 0 saturated carbocycles. The Kier molecular flexibility index (Phi) is 7.86. The number of fused-ring (bicyclic) bond motifs is 9. The van der Waals surface area contributed by atoms with Crippen LogP contribution in [0.5, 0.6) is 40.2 Å². The molecule has 4 heterocycles. The zero-order valence-electron chi connectivity index (χ0n) is 33.0. The van der Waals surface area contributed by atoms with Crippen LogP contribution in [0.15, 0.2) is 144 Å². The number of rotatable bonds is 5. The lowest BCUT2D eigenvalue weighted by atomic mass is 9.98. The second-order valence-electron chi connectivity index (χ2n) is 15.4. The zero-order valence-corrected chi connectivity index (χ0v) is 33.8. The van der Waals surface area contributed by atoms with Gasteiger partial charge in [0.05, 0.1) is 36.9 Å². The Balaban J connectivity index is 1.11. The molecule has 0 aliphatic heterocycles. The number of aromatic hydroxyl groups is 7. The van der Waals surface area contributed by atoms with Crippen molar-refractivity contribution in [3.05, 3.63) is 140 Å². The minimum atomic E-state index is -0.999. The van der Waals surface area contributed by atoms with Gasteiger partial charge in [0, 0.05) is 43.8 Å². The molecule has 0 radical (unpaired) electrons. The maximum Gasteiger partial charge on any atom is 0.205 e. The van der Waals surface area contributed by atoms with Crippen molar-refractivity contribution in [1.82, 2.24) is 19.5 Å². The lowest BCUT2D eigenvalue weighted by Crippen LogP contribution is -2.01. The summed E-state index contributed by atoms with van der Waals surface area (Å²) in [4.78, 5) is 15.0. The molecule has 0 spiro atoms. The van der Waals surface area contributed by atoms with Crippen molar-refractivity contribution < 1.29 is 40.2 Å². The molecular weight excluding hydrogens is 829 g/mol. The predicted molar refractivity (Wildman–Crippen MR) is 248 cm³/mol. The Bertz CT molecular complexity index is 3880. The molecule has 64 heavy (non-hydrogen) atoms. The third kappa shape index (κ3) is 5.18. The molecule has 12 nitrogen and oxygen atoms in total. The van der Waals surface area contributed by atoms with Gasteiger partial charge >= 0.3 is 0 Å². The highest BCUT2D eigenvalue weighted by Gasteiger charge is 2.30. The van der Waals surface area contributed by atoms with E-state index in [1.54, 1.807) is 6.07 Å². The maximum absolute atomic E-state index is 11.5. The fraction of sp³-hybridized carbons (Fsp3) is 0. The highest BCUT2D eigenvalue weighted by molar-refractivity contribution is 7.27. The summed E-state index contributed by atoms with van der Waals surface area (Å²) < 4.78 is 8.99. The first-order chi connectivity index (χ1) is 31.2. The quantitative estimate of drug-likeness (QED) is 0.0642. The van der Waals surface area contributed by atoms with E-state index in [1.807, 2.05) is 133 Å². The molecule has 0 amide bonds. The number of thiophene rings is 1. The molecule has 0 unspecified atom stereocenters. The molecule has 0 saturated heterocycles. The van der Waals surface area contributed by atoms with Gasteiger partial charge in [-0.3, -0.25) is 0 Å². The van der Waals surface area contributed by atoms with Gasteiger partial charge in [-0.15, -0.1) is 11.3 Å². The molecule has 0 aliphatic carbocycles. The van der Waals surface area contributed by atoms with Crippen LogP contribution < -0.4 is 0 Å². The smallest absolute Gasteiger partial charge is 0.205 e. The predicted octanol–water partition coefficient (Wildman–Crippen LogP) is 11.8. The van der Waals surface area contributed by atoms with Crippen LogP contribution in [0.1, 0.15) is 0 Å². The van der Waals surface area contributed by atoms with Crippen LogP contribution in [0.4, 0.5) is 0 Å². The Hall–Kier alpha value is -8.81. The van der Waals surface area contributed by atoms with Crippen molar-refractivity contribution in [3.8, 4) is 91.2 Å². The highest BCUT2D eigenvalue weighted by atomic mass is 32.1. The summed E-state index contributed by atoms with van der Waals surface area (Å²) in [6.07, 6.45) is 0. The summed E-state index contributed by atoms with van der Waals surface area (Å²) in [5, 5.41) is 79.1. The number of phenols is 7. The van der Waals surface area contributed by atoms with Crippen LogP contribution in [0.2, 0.25) is 0 Å². The van der Waals surface area contributed by atoms with E-state index in [0.717, 1.165) is 66.3 Å². The average molecular weight is 859 g/mol. The van der Waals surface area contributed by atoms with Crippen molar-refractivity contribution in [2.75, 3.05) is 0 Å². The van der Waals surface area contributed by atoms with E-state index in [-0.39, 0.29) is 25.7 Å². The highest BCUT2D eigenvalue weighted by Crippen LogP contribution is 2.60. The van der Waals surface area contributed by atoms with Crippen molar-refractivity contribution in [3.63, 3.8) is 0 Å². The van der Waals surface area contributed by atoms with E-state index in [0.29, 0.717) is 34.2 Å². The lowest BCUT2D eigenvalue weighted by Gasteiger charge is -2.13. The van der Waals surface area contributed by atoms with Crippen molar-refractivity contribution in [2.24, 2.45) is 0 Å². The third-order valence-electron chi connectivity index (χ3n) is 11.8. The van der Waals surface area contributed by atoms with Gasteiger partial charge < -0.3 is 44.7 Å². The SMILES string of the molecule is Oc1c(O)c(O)c2c(sc3c(-c4ccc5c(c4)c4ccccc4n5-c4ccc(-c5nc(-c6ccccc6)nc(-c6ccccc6)n5)c5c4oc4ccccc45)c(O)c(O)c(O)c32)c1O. The Morgan fingerprint density at radius 2 is 0.984 bits per heavy atom. The molecule has 13 heteroatoms. The fourth-order valence-corrected chi connectivity index (χ4v) is 10.2. The minimum absolute atomic E-state index is 0.0786. The van der Waals surface area contributed by atoms with E-state index in [2.05, 4.69) is 4.57 Å². The summed E-state index contributed by atoms with van der Waals surface area (Å²) in [6.45, 7) is 0. The molecule has 308 valence electrons. The third-order valence-corrected chi connectivity index (χ3v) is 13.0. The van der Waals surface area contributed by atoms with E-state index in [4.69, 9.17) is 19.4 Å². The van der Waals surface area contributed by atoms with E-state index in [1.165, 1.54) is 0 Å². The van der Waals surface area contributed by atoms with E-state index >= 15 is 0 Å². The van der Waals surface area contributed by atoms with Crippen molar-refractivity contribution in [1.29, 1.82) is 0 Å². The van der Waals surface area contributed by atoms with Crippen LogP contribution in [0.3, 0.4) is 0 Å². The number of furan rings is 1. The number of nitrogens with zero attached hydrogens (tertiary/aromatic N) is 4. The lowest BCUT2D eigenvalue weighted by molar-refractivity contribution is 0.351. The van der Waals surface area contributed by atoms with Gasteiger partial charge in [0.25, 0.3) is 0 Å². The first kappa shape index (κ1) is 37.0. The minimum Gasteiger partial charge on any atom is -0.504 e. The molecular formula is C51H30N4O8S. The molecule has 12 aromatic rings. The topological polar surface area (TPSA) is 198 Å². The average Bonchev–Trinajstić information content (AvgIpc) is 4.03. The first-order valence-corrected chi connectivity index (χ1v) is 20.8. The molecule has 0 aliphatic rings. The second-order valence-corrected chi connectivity index (χ2v) is 16.4. The zero-order chi connectivity index (χ0) is 43.5. The Labute approximate surface area is 364 Å². The molecule has 0 atom stereocenters. The van der Waals surface area contributed by atoms with Gasteiger partial charge in [0.1, 0.15) is 5.58 Å². The number of phenolic OH excluding ortho intramolecular Hbond substituents is 7. The van der Waals surface area contributed by atoms with Crippen molar-refractivity contribution in [2.45, 2.75) is 0 Å². The maximum atomic E-state index is 11.5. The van der Waals surface area contributed by atoms with Crippen LogP contribution >= 0.6 is 11.3 Å². The molecule has 0 bridgehead atoms. The van der Waals surface area contributed by atoms with Crippen LogP contribution in [-0.2, 0) is 0 Å². The number of aromatic nitrogens is 4. The van der Waals surface area contributed by atoms with Crippen LogP contribution in [0, 0.1) is 0 Å². The van der Waals surface area contributed by atoms with Crippen LogP contribution in [0.25, 0.3) is 115 Å². The summed E-state index contributed by atoms with van der Waals surface area (Å²) in [5.41, 5.74) is 6.56. The monoisotopic (exact) mass is 858 g/mol. The second kappa shape index (κ2) is 13.6. The molecule has 7 N–H and O–H groups in total. The van der Waals surface area contributed by atoms with E-state index in [9.17, 15) is 35.7 Å². The normalized spacial score (nSPS) is 11.9. The summed E-state index contributed by atoms with van der Waals surface area (Å²) >= 11 is 0.853. The van der Waals surface area contributed by atoms with Crippen molar-refractivity contribution >= 4 is 75.3 Å².